The highest BCUT2D eigenvalue weighted by molar-refractivity contribution is 5.96. The zero-order chi connectivity index (χ0) is 17.0. The third kappa shape index (κ3) is 4.08. The summed E-state index contributed by atoms with van der Waals surface area (Å²) in [6, 6.07) is 1.69. The third-order valence-corrected chi connectivity index (χ3v) is 3.63. The molecule has 23 heavy (non-hydrogen) atoms. The van der Waals surface area contributed by atoms with E-state index in [9.17, 15) is 14.4 Å². The minimum atomic E-state index is -0.217. The van der Waals surface area contributed by atoms with Crippen LogP contribution in [0.2, 0.25) is 0 Å². The minimum absolute atomic E-state index is 0.0112. The molecule has 1 aromatic rings. The summed E-state index contributed by atoms with van der Waals surface area (Å²) in [4.78, 5) is 39.4. The van der Waals surface area contributed by atoms with Gasteiger partial charge in [0.15, 0.2) is 0 Å². The van der Waals surface area contributed by atoms with Crippen molar-refractivity contribution in [2.45, 2.75) is 33.4 Å². The van der Waals surface area contributed by atoms with Gasteiger partial charge in [-0.15, -0.1) is 0 Å². The molecule has 0 spiro atoms. The second-order valence-corrected chi connectivity index (χ2v) is 5.80. The number of hydrogen-bond acceptors (Lipinski definition) is 4. The van der Waals surface area contributed by atoms with Gasteiger partial charge in [0.05, 0.1) is 6.54 Å². The van der Waals surface area contributed by atoms with Crippen LogP contribution in [0.5, 0.6) is 0 Å². The Hall–Kier alpha value is -2.38. The highest BCUT2D eigenvalue weighted by atomic mass is 16.2. The Morgan fingerprint density at radius 2 is 2.09 bits per heavy atom. The summed E-state index contributed by atoms with van der Waals surface area (Å²) < 4.78 is 1.61. The summed E-state index contributed by atoms with van der Waals surface area (Å²) in [5.41, 5.74) is 0.478. The Labute approximate surface area is 135 Å². The molecule has 0 radical (unpaired) electrons. The van der Waals surface area contributed by atoms with Crippen LogP contribution in [0.3, 0.4) is 0 Å². The van der Waals surface area contributed by atoms with Crippen molar-refractivity contribution < 1.29 is 14.4 Å². The number of rotatable bonds is 5. The van der Waals surface area contributed by atoms with Gasteiger partial charge in [-0.3, -0.25) is 19.1 Å². The van der Waals surface area contributed by atoms with E-state index in [4.69, 9.17) is 0 Å². The Morgan fingerprint density at radius 1 is 1.35 bits per heavy atom. The molecule has 1 N–H and O–H groups in total. The van der Waals surface area contributed by atoms with Crippen LogP contribution in [0.25, 0.3) is 0 Å². The molecule has 0 bridgehead atoms. The number of nitrogens with zero attached hydrogens (tertiary/aromatic N) is 4. The standard InChI is InChI=1S/C15H23N5O3/c1-4-20-12(5-6-16-20)15(23)19-8-7-18(14(22)10-19)9-13(21)17-11(2)3/h5-6,11H,4,7-10H2,1-3H3,(H,17,21). The molecule has 0 saturated carbocycles. The van der Waals surface area contributed by atoms with E-state index in [1.54, 1.807) is 16.9 Å². The lowest BCUT2D eigenvalue weighted by Gasteiger charge is -2.34. The number of carbonyl (C=O) groups is 3. The van der Waals surface area contributed by atoms with Crippen molar-refractivity contribution in [1.29, 1.82) is 0 Å². The number of hydrogen-bond donors (Lipinski definition) is 1. The molecule has 0 aromatic carbocycles. The van der Waals surface area contributed by atoms with Crippen molar-refractivity contribution in [3.05, 3.63) is 18.0 Å². The van der Waals surface area contributed by atoms with Gasteiger partial charge in [0.25, 0.3) is 5.91 Å². The molecule has 1 aliphatic rings. The van der Waals surface area contributed by atoms with E-state index in [2.05, 4.69) is 10.4 Å². The number of amides is 3. The number of aromatic nitrogens is 2. The van der Waals surface area contributed by atoms with Gasteiger partial charge in [-0.05, 0) is 26.8 Å². The molecule has 2 rings (SSSR count). The lowest BCUT2D eigenvalue weighted by molar-refractivity contribution is -0.139. The van der Waals surface area contributed by atoms with E-state index in [0.29, 0.717) is 25.3 Å². The molecule has 8 heteroatoms. The van der Waals surface area contributed by atoms with E-state index in [1.165, 1.54) is 9.80 Å². The van der Waals surface area contributed by atoms with E-state index < -0.39 is 0 Å². The quantitative estimate of drug-likeness (QED) is 0.807. The van der Waals surface area contributed by atoms with Gasteiger partial charge in [-0.25, -0.2) is 0 Å². The third-order valence-electron chi connectivity index (χ3n) is 3.63. The summed E-state index contributed by atoms with van der Waals surface area (Å²) >= 11 is 0. The number of piperazine rings is 1. The maximum atomic E-state index is 12.5. The number of aryl methyl sites for hydroxylation is 1. The van der Waals surface area contributed by atoms with E-state index >= 15 is 0 Å². The lowest BCUT2D eigenvalue weighted by atomic mass is 10.2. The van der Waals surface area contributed by atoms with Crippen molar-refractivity contribution in [3.8, 4) is 0 Å². The summed E-state index contributed by atoms with van der Waals surface area (Å²) in [5, 5.41) is 6.83. The Bertz CT molecular complexity index is 596. The molecule has 3 amide bonds. The molecule has 0 aliphatic carbocycles. The van der Waals surface area contributed by atoms with Crippen LogP contribution in [-0.2, 0) is 16.1 Å². The fourth-order valence-corrected chi connectivity index (χ4v) is 2.52. The van der Waals surface area contributed by atoms with Crippen molar-refractivity contribution >= 4 is 17.7 Å². The Morgan fingerprint density at radius 3 is 2.70 bits per heavy atom. The van der Waals surface area contributed by atoms with E-state index in [1.807, 2.05) is 20.8 Å². The summed E-state index contributed by atoms with van der Waals surface area (Å²) in [6.07, 6.45) is 1.57. The van der Waals surface area contributed by atoms with Gasteiger partial charge in [-0.1, -0.05) is 0 Å². The highest BCUT2D eigenvalue weighted by Gasteiger charge is 2.30. The van der Waals surface area contributed by atoms with Gasteiger partial charge >= 0.3 is 0 Å². The Balaban J connectivity index is 1.94. The summed E-state index contributed by atoms with van der Waals surface area (Å²) in [7, 11) is 0. The lowest BCUT2D eigenvalue weighted by Crippen LogP contribution is -2.55. The number of nitrogens with one attached hydrogen (secondary N) is 1. The molecule has 0 unspecified atom stereocenters. The average Bonchev–Trinajstić information content (AvgIpc) is 2.96. The molecule has 126 valence electrons. The fourth-order valence-electron chi connectivity index (χ4n) is 2.52. The van der Waals surface area contributed by atoms with Crippen LogP contribution in [0, 0.1) is 0 Å². The zero-order valence-corrected chi connectivity index (χ0v) is 13.8. The predicted octanol–water partition coefficient (Wildman–Crippen LogP) is -0.288. The van der Waals surface area contributed by atoms with Gasteiger partial charge in [0, 0.05) is 31.9 Å². The second kappa shape index (κ2) is 7.26. The molecular weight excluding hydrogens is 298 g/mol. The molecule has 1 fully saturated rings. The molecule has 8 nitrogen and oxygen atoms in total. The fraction of sp³-hybridized carbons (Fsp3) is 0.600. The summed E-state index contributed by atoms with van der Waals surface area (Å²) in [6.45, 7) is 7.03. The zero-order valence-electron chi connectivity index (χ0n) is 13.8. The predicted molar refractivity (Wildman–Crippen MR) is 83.7 cm³/mol. The molecule has 0 atom stereocenters. The molecule has 1 saturated heterocycles. The first-order chi connectivity index (χ1) is 10.9. The molecule has 1 aromatic heterocycles. The summed E-state index contributed by atoms with van der Waals surface area (Å²) in [5.74, 6) is -0.604. The maximum absolute atomic E-state index is 12.5. The van der Waals surface area contributed by atoms with Crippen molar-refractivity contribution in [1.82, 2.24) is 24.9 Å². The largest absolute Gasteiger partial charge is 0.352 e. The van der Waals surface area contributed by atoms with Crippen molar-refractivity contribution in [3.63, 3.8) is 0 Å². The SMILES string of the molecule is CCn1nccc1C(=O)N1CCN(CC(=O)NC(C)C)C(=O)C1. The number of carbonyl (C=O) groups excluding carboxylic acids is 3. The molecular formula is C15H23N5O3. The second-order valence-electron chi connectivity index (χ2n) is 5.80. The van der Waals surface area contributed by atoms with Crippen molar-refractivity contribution in [2.24, 2.45) is 0 Å². The average molecular weight is 321 g/mol. The van der Waals surface area contributed by atoms with E-state index in [0.717, 1.165) is 0 Å². The first-order valence-electron chi connectivity index (χ1n) is 7.80. The topological polar surface area (TPSA) is 87.5 Å². The molecule has 2 heterocycles. The van der Waals surface area contributed by atoms with Crippen LogP contribution in [0.4, 0.5) is 0 Å². The van der Waals surface area contributed by atoms with E-state index in [-0.39, 0.29) is 36.9 Å². The van der Waals surface area contributed by atoms with Gasteiger partial charge in [0.1, 0.15) is 12.2 Å². The van der Waals surface area contributed by atoms with Crippen LogP contribution in [-0.4, -0.2) is 69.5 Å². The monoisotopic (exact) mass is 321 g/mol. The Kier molecular flexibility index (Phi) is 5.36. The van der Waals surface area contributed by atoms with Crippen LogP contribution >= 0.6 is 0 Å². The minimum Gasteiger partial charge on any atom is -0.352 e. The van der Waals surface area contributed by atoms with Gasteiger partial charge in [0.2, 0.25) is 11.8 Å². The van der Waals surface area contributed by atoms with Crippen LogP contribution < -0.4 is 5.32 Å². The van der Waals surface area contributed by atoms with Crippen LogP contribution in [0.15, 0.2) is 12.3 Å². The maximum Gasteiger partial charge on any atom is 0.272 e. The smallest absolute Gasteiger partial charge is 0.272 e. The van der Waals surface area contributed by atoms with Gasteiger partial charge < -0.3 is 15.1 Å². The normalized spacial score (nSPS) is 15.2. The first-order valence-corrected chi connectivity index (χ1v) is 7.80. The van der Waals surface area contributed by atoms with Crippen molar-refractivity contribution in [2.75, 3.05) is 26.2 Å². The van der Waals surface area contributed by atoms with Gasteiger partial charge in [-0.2, -0.15) is 5.10 Å². The highest BCUT2D eigenvalue weighted by Crippen LogP contribution is 2.09. The first kappa shape index (κ1) is 17.0. The molecule has 1 aliphatic heterocycles. The van der Waals surface area contributed by atoms with Crippen LogP contribution in [0.1, 0.15) is 31.3 Å².